The van der Waals surface area contributed by atoms with Gasteiger partial charge in [-0.1, -0.05) is 18.2 Å². The van der Waals surface area contributed by atoms with E-state index < -0.39 is 41.7 Å². The minimum atomic E-state index is -4.73. The monoisotopic (exact) mass is 488 g/mol. The summed E-state index contributed by atoms with van der Waals surface area (Å²) in [4.78, 5) is 18.5. The topological polar surface area (TPSA) is 137 Å². The molecule has 0 bridgehead atoms. The molecule has 2 aromatic carbocycles. The molecule has 1 aromatic heterocycles. The highest BCUT2D eigenvalue weighted by molar-refractivity contribution is 6.06. The van der Waals surface area contributed by atoms with Crippen molar-refractivity contribution >= 4 is 23.4 Å². The van der Waals surface area contributed by atoms with Crippen LogP contribution in [0, 0.1) is 5.82 Å². The molecular formula is C22H20F4N8O. The van der Waals surface area contributed by atoms with Gasteiger partial charge in [-0.15, -0.1) is 0 Å². The molecule has 3 heterocycles. The molecule has 0 saturated carbocycles. The second kappa shape index (κ2) is 8.27. The van der Waals surface area contributed by atoms with E-state index in [1.807, 2.05) is 4.90 Å². The molecule has 1 atom stereocenters. The van der Waals surface area contributed by atoms with Crippen molar-refractivity contribution in [3.63, 3.8) is 0 Å². The van der Waals surface area contributed by atoms with E-state index in [0.29, 0.717) is 36.1 Å². The number of fused-ring (bicyclic) bond motifs is 2. The molecule has 35 heavy (non-hydrogen) atoms. The van der Waals surface area contributed by atoms with Crippen molar-refractivity contribution in [1.29, 1.82) is 0 Å². The first-order chi connectivity index (χ1) is 16.6. The average molecular weight is 488 g/mol. The SMILES string of the molecule is NC(=O)c1cccc2c1NC(N1Cc3[nH]nc(N)c3C1)=NC2NCc1c(F)cccc1C(F)(F)F. The van der Waals surface area contributed by atoms with Crippen LogP contribution in [-0.4, -0.2) is 27.0 Å². The highest BCUT2D eigenvalue weighted by Crippen LogP contribution is 2.36. The van der Waals surface area contributed by atoms with Crippen molar-refractivity contribution in [3.05, 3.63) is 75.7 Å². The number of H-pyrrole nitrogens is 1. The number of aromatic nitrogens is 2. The van der Waals surface area contributed by atoms with Gasteiger partial charge in [0.25, 0.3) is 5.91 Å². The van der Waals surface area contributed by atoms with Gasteiger partial charge in [0.05, 0.1) is 35.6 Å². The second-order valence-electron chi connectivity index (χ2n) is 8.18. The number of carbonyl (C=O) groups excluding carboxylic acids is 1. The van der Waals surface area contributed by atoms with Crippen LogP contribution >= 0.6 is 0 Å². The highest BCUT2D eigenvalue weighted by Gasteiger charge is 2.35. The molecule has 0 radical (unpaired) electrons. The molecule has 182 valence electrons. The number of para-hydroxylation sites is 1. The van der Waals surface area contributed by atoms with E-state index in [4.69, 9.17) is 11.5 Å². The van der Waals surface area contributed by atoms with Gasteiger partial charge in [-0.3, -0.25) is 15.2 Å². The fourth-order valence-electron chi connectivity index (χ4n) is 4.31. The molecule has 0 aliphatic carbocycles. The van der Waals surface area contributed by atoms with Crippen LogP contribution in [0.3, 0.4) is 0 Å². The van der Waals surface area contributed by atoms with Gasteiger partial charge in [0, 0.05) is 23.2 Å². The molecule has 7 N–H and O–H groups in total. The minimum absolute atomic E-state index is 0.183. The molecule has 3 aromatic rings. The Labute approximate surface area is 196 Å². The Morgan fingerprint density at radius 1 is 1.20 bits per heavy atom. The van der Waals surface area contributed by atoms with E-state index in [1.54, 1.807) is 12.1 Å². The van der Waals surface area contributed by atoms with Crippen molar-refractivity contribution < 1.29 is 22.4 Å². The maximum absolute atomic E-state index is 14.4. The van der Waals surface area contributed by atoms with Crippen molar-refractivity contribution in [2.75, 3.05) is 11.1 Å². The summed E-state index contributed by atoms with van der Waals surface area (Å²) in [6.07, 6.45) is -5.62. The molecule has 1 amide bonds. The molecule has 0 spiro atoms. The number of hydrogen-bond donors (Lipinski definition) is 5. The van der Waals surface area contributed by atoms with Crippen LogP contribution in [0.25, 0.3) is 0 Å². The number of aromatic amines is 1. The van der Waals surface area contributed by atoms with Gasteiger partial charge in [0.1, 0.15) is 12.0 Å². The number of nitrogens with one attached hydrogen (secondary N) is 3. The van der Waals surface area contributed by atoms with Gasteiger partial charge in [0.2, 0.25) is 5.96 Å². The Bertz CT molecular complexity index is 1350. The summed E-state index contributed by atoms with van der Waals surface area (Å²) in [5.74, 6) is -0.983. The number of primary amides is 1. The number of guanidine groups is 1. The fourth-order valence-corrected chi connectivity index (χ4v) is 4.31. The van der Waals surface area contributed by atoms with Crippen molar-refractivity contribution in [1.82, 2.24) is 20.4 Å². The molecule has 2 aliphatic heterocycles. The number of hydrogen-bond acceptors (Lipinski definition) is 7. The van der Waals surface area contributed by atoms with Gasteiger partial charge >= 0.3 is 6.18 Å². The quantitative estimate of drug-likeness (QED) is 0.358. The van der Waals surface area contributed by atoms with Crippen LogP contribution < -0.4 is 22.1 Å². The predicted octanol–water partition coefficient (Wildman–Crippen LogP) is 2.83. The molecular weight excluding hydrogens is 468 g/mol. The lowest BCUT2D eigenvalue weighted by atomic mass is 10.0. The molecule has 9 nitrogen and oxygen atoms in total. The van der Waals surface area contributed by atoms with Gasteiger partial charge in [0.15, 0.2) is 5.82 Å². The zero-order chi connectivity index (χ0) is 24.9. The van der Waals surface area contributed by atoms with E-state index in [9.17, 15) is 22.4 Å². The number of carbonyl (C=O) groups is 1. The molecule has 5 rings (SSSR count). The van der Waals surface area contributed by atoms with E-state index in [1.165, 1.54) is 6.07 Å². The van der Waals surface area contributed by atoms with Crippen molar-refractivity contribution in [2.24, 2.45) is 10.7 Å². The van der Waals surface area contributed by atoms with E-state index in [2.05, 4.69) is 25.8 Å². The van der Waals surface area contributed by atoms with Crippen LogP contribution in [0.15, 0.2) is 41.4 Å². The minimum Gasteiger partial charge on any atom is -0.382 e. The van der Waals surface area contributed by atoms with Crippen LogP contribution in [0.1, 0.15) is 44.5 Å². The third kappa shape index (κ3) is 4.03. The van der Waals surface area contributed by atoms with E-state index >= 15 is 0 Å². The third-order valence-electron chi connectivity index (χ3n) is 6.02. The molecule has 0 fully saturated rings. The van der Waals surface area contributed by atoms with Gasteiger partial charge in [-0.25, -0.2) is 9.38 Å². The number of nitrogens with zero attached hydrogens (tertiary/aromatic N) is 3. The Kier molecular flexibility index (Phi) is 5.35. The Morgan fingerprint density at radius 3 is 2.69 bits per heavy atom. The zero-order valence-corrected chi connectivity index (χ0v) is 18.1. The number of nitrogens with two attached hydrogens (primary N) is 2. The second-order valence-corrected chi connectivity index (χ2v) is 8.18. The first-order valence-corrected chi connectivity index (χ1v) is 10.6. The number of anilines is 2. The molecule has 1 unspecified atom stereocenters. The van der Waals surface area contributed by atoms with Crippen LogP contribution in [0.5, 0.6) is 0 Å². The lowest BCUT2D eigenvalue weighted by molar-refractivity contribution is -0.138. The summed E-state index contributed by atoms with van der Waals surface area (Å²) >= 11 is 0. The van der Waals surface area contributed by atoms with Crippen LogP contribution in [0.4, 0.5) is 29.1 Å². The van der Waals surface area contributed by atoms with Gasteiger partial charge in [-0.2, -0.15) is 18.3 Å². The highest BCUT2D eigenvalue weighted by atomic mass is 19.4. The molecule has 0 saturated heterocycles. The number of amides is 1. The summed E-state index contributed by atoms with van der Waals surface area (Å²) in [5, 5.41) is 12.8. The van der Waals surface area contributed by atoms with Crippen LogP contribution in [0.2, 0.25) is 0 Å². The zero-order valence-electron chi connectivity index (χ0n) is 18.1. The van der Waals surface area contributed by atoms with E-state index in [0.717, 1.165) is 29.5 Å². The molecule has 2 aliphatic rings. The number of rotatable bonds is 4. The Hall–Kier alpha value is -4.13. The van der Waals surface area contributed by atoms with Crippen molar-refractivity contribution in [3.8, 4) is 0 Å². The standard InChI is InChI=1S/C22H20F4N8O/c23-15-6-2-5-14(22(24,25)26)12(15)7-29-20-11-4-1-3-10(19(28)35)17(11)30-21(31-20)34-8-13-16(9-34)32-33-18(13)27/h1-6,20,29H,7-9H2,(H2,28,35)(H,30,31)(H3,27,32,33). The van der Waals surface area contributed by atoms with Crippen LogP contribution in [-0.2, 0) is 25.8 Å². The van der Waals surface area contributed by atoms with Gasteiger partial charge in [-0.05, 0) is 18.2 Å². The number of halogens is 4. The number of nitrogen functional groups attached to an aromatic ring is 1. The fraction of sp³-hybridized carbons (Fsp3) is 0.227. The number of benzene rings is 2. The maximum Gasteiger partial charge on any atom is 0.416 e. The summed E-state index contributed by atoms with van der Waals surface area (Å²) in [5.41, 5.74) is 12.5. The Morgan fingerprint density at radius 2 is 1.97 bits per heavy atom. The third-order valence-corrected chi connectivity index (χ3v) is 6.02. The van der Waals surface area contributed by atoms with Gasteiger partial charge < -0.3 is 21.7 Å². The maximum atomic E-state index is 14.4. The largest absolute Gasteiger partial charge is 0.416 e. The lowest BCUT2D eigenvalue weighted by Crippen LogP contribution is -2.39. The van der Waals surface area contributed by atoms with E-state index in [-0.39, 0.29) is 5.56 Å². The number of aliphatic imine (C=N–C) groups is 1. The molecule has 13 heteroatoms. The normalized spacial score (nSPS) is 17.0. The first-order valence-electron chi connectivity index (χ1n) is 10.6. The average Bonchev–Trinajstić information content (AvgIpc) is 3.38. The smallest absolute Gasteiger partial charge is 0.382 e. The predicted molar refractivity (Wildman–Crippen MR) is 119 cm³/mol. The first kappa shape index (κ1) is 22.7. The Balaban J connectivity index is 1.50. The summed E-state index contributed by atoms with van der Waals surface area (Å²) in [6, 6.07) is 7.59. The summed E-state index contributed by atoms with van der Waals surface area (Å²) in [6.45, 7) is 0.298. The summed E-state index contributed by atoms with van der Waals surface area (Å²) in [7, 11) is 0. The number of alkyl halides is 3. The summed E-state index contributed by atoms with van der Waals surface area (Å²) < 4.78 is 54.8. The van der Waals surface area contributed by atoms with Crippen molar-refractivity contribution in [2.45, 2.75) is 32.0 Å². The lowest BCUT2D eigenvalue weighted by Gasteiger charge is -2.31.